The number of benzene rings is 2. The number of nitrogens with zero attached hydrogens (tertiary/aromatic N) is 2. The Morgan fingerprint density at radius 2 is 2.20 bits per heavy atom. The van der Waals surface area contributed by atoms with E-state index in [0.717, 1.165) is 10.5 Å². The van der Waals surface area contributed by atoms with E-state index in [1.54, 1.807) is 12.1 Å². The number of hydrogen-bond acceptors (Lipinski definition) is 6. The number of nitrogen functional groups attached to an aromatic ring is 1. The van der Waals surface area contributed by atoms with E-state index >= 15 is 0 Å². The highest BCUT2D eigenvalue weighted by atomic mass is 32.2. The van der Waals surface area contributed by atoms with Gasteiger partial charge in [-0.05, 0) is 42.1 Å². The van der Waals surface area contributed by atoms with Gasteiger partial charge in [-0.1, -0.05) is 6.07 Å². The van der Waals surface area contributed by atoms with Gasteiger partial charge in [-0.3, -0.25) is 9.79 Å². The second-order valence-electron chi connectivity index (χ2n) is 5.22. The Bertz CT molecular complexity index is 971. The zero-order valence-corrected chi connectivity index (χ0v) is 14.2. The van der Waals surface area contributed by atoms with Crippen molar-refractivity contribution in [2.24, 2.45) is 4.99 Å². The third-order valence-electron chi connectivity index (χ3n) is 3.47. The molecule has 2 aromatic carbocycles. The van der Waals surface area contributed by atoms with Crippen LogP contribution >= 0.6 is 11.8 Å². The van der Waals surface area contributed by atoms with E-state index in [2.05, 4.69) is 22.0 Å². The first-order chi connectivity index (χ1) is 12.0. The zero-order valence-electron chi connectivity index (χ0n) is 13.4. The summed E-state index contributed by atoms with van der Waals surface area (Å²) in [6.07, 6.45) is 0. The van der Waals surface area contributed by atoms with E-state index in [4.69, 9.17) is 10.2 Å². The predicted octanol–water partition coefficient (Wildman–Crippen LogP) is 3.73. The highest BCUT2D eigenvalue weighted by Crippen LogP contribution is 2.35. The lowest BCUT2D eigenvalue weighted by atomic mass is 10.0. The number of oxazole rings is 1. The van der Waals surface area contributed by atoms with Crippen LogP contribution in [0.4, 0.5) is 16.1 Å². The number of aromatic nitrogens is 1. The molecule has 0 saturated carbocycles. The fourth-order valence-corrected chi connectivity index (χ4v) is 3.20. The number of rotatable bonds is 5. The average molecular weight is 358 g/mol. The number of carbonyl (C=O) groups excluding carboxylic acids is 1. The summed E-state index contributed by atoms with van der Waals surface area (Å²) in [6, 6.07) is 8.47. The summed E-state index contributed by atoms with van der Waals surface area (Å²) in [4.78, 5) is 19.8. The molecular weight excluding hydrogens is 343 g/mol. The maximum absolute atomic E-state index is 14.2. The van der Waals surface area contributed by atoms with Gasteiger partial charge in [-0.25, -0.2) is 4.39 Å². The molecule has 3 aromatic rings. The zero-order chi connectivity index (χ0) is 18.0. The molecule has 0 spiro atoms. The van der Waals surface area contributed by atoms with Crippen LogP contribution in [0.1, 0.15) is 6.92 Å². The molecule has 0 aliphatic carbocycles. The fraction of sp³-hybridized carbons (Fsp3) is 0.118. The Balaban J connectivity index is 1.95. The molecule has 6 nitrogen and oxygen atoms in total. The molecule has 0 aliphatic rings. The Hall–Kier alpha value is -2.87. The highest BCUT2D eigenvalue weighted by molar-refractivity contribution is 7.99. The van der Waals surface area contributed by atoms with Crippen molar-refractivity contribution in [3.63, 3.8) is 0 Å². The van der Waals surface area contributed by atoms with Gasteiger partial charge in [0.05, 0.1) is 11.6 Å². The number of nitrogens with one attached hydrogen (secondary N) is 1. The lowest BCUT2D eigenvalue weighted by molar-refractivity contribution is -0.118. The van der Waals surface area contributed by atoms with E-state index in [9.17, 15) is 9.18 Å². The molecule has 1 aromatic heterocycles. The van der Waals surface area contributed by atoms with Crippen LogP contribution in [-0.4, -0.2) is 23.5 Å². The lowest BCUT2D eigenvalue weighted by Crippen LogP contribution is -2.18. The van der Waals surface area contributed by atoms with Gasteiger partial charge in [0.15, 0.2) is 11.4 Å². The maximum Gasteiger partial charge on any atom is 0.293 e. The van der Waals surface area contributed by atoms with Gasteiger partial charge in [0.25, 0.3) is 6.01 Å². The molecule has 0 saturated heterocycles. The van der Waals surface area contributed by atoms with Gasteiger partial charge in [0.1, 0.15) is 5.52 Å². The molecule has 0 aliphatic heterocycles. The van der Waals surface area contributed by atoms with Crippen molar-refractivity contribution in [2.45, 2.75) is 11.8 Å². The molecule has 0 unspecified atom stereocenters. The Morgan fingerprint density at radius 1 is 1.40 bits per heavy atom. The van der Waals surface area contributed by atoms with Crippen molar-refractivity contribution in [3.05, 3.63) is 36.1 Å². The smallest absolute Gasteiger partial charge is 0.293 e. The molecule has 25 heavy (non-hydrogen) atoms. The van der Waals surface area contributed by atoms with Gasteiger partial charge < -0.3 is 15.5 Å². The normalized spacial score (nSPS) is 10.8. The van der Waals surface area contributed by atoms with E-state index in [0.29, 0.717) is 22.6 Å². The maximum atomic E-state index is 14.2. The summed E-state index contributed by atoms with van der Waals surface area (Å²) in [5.74, 6) is -0.211. The number of aliphatic imine (C=N–C) groups is 1. The third kappa shape index (κ3) is 3.63. The molecular formula is C17H15FN4O2S. The van der Waals surface area contributed by atoms with Crippen molar-refractivity contribution < 1.29 is 13.6 Å². The monoisotopic (exact) mass is 358 g/mol. The number of fused-ring (bicyclic) bond motifs is 1. The van der Waals surface area contributed by atoms with E-state index in [1.165, 1.54) is 24.8 Å². The number of nitrogens with two attached hydrogens (primary N) is 1. The van der Waals surface area contributed by atoms with Crippen LogP contribution < -0.4 is 11.1 Å². The van der Waals surface area contributed by atoms with E-state index < -0.39 is 5.82 Å². The van der Waals surface area contributed by atoms with Crippen LogP contribution in [0.3, 0.4) is 0 Å². The molecule has 128 valence electrons. The van der Waals surface area contributed by atoms with Gasteiger partial charge >= 0.3 is 0 Å². The van der Waals surface area contributed by atoms with E-state index in [1.807, 2.05) is 12.1 Å². The average Bonchev–Trinajstić information content (AvgIpc) is 2.95. The number of carbonyl (C=O) groups is 1. The Kier molecular flexibility index (Phi) is 4.71. The second kappa shape index (κ2) is 6.94. The minimum atomic E-state index is -0.533. The number of halogens is 1. The van der Waals surface area contributed by atoms with Crippen LogP contribution in [0, 0.1) is 5.82 Å². The molecule has 3 N–H and O–H groups in total. The van der Waals surface area contributed by atoms with Gasteiger partial charge in [-0.15, -0.1) is 11.8 Å². The lowest BCUT2D eigenvalue weighted by Gasteiger charge is -2.09. The third-order valence-corrected chi connectivity index (χ3v) is 4.42. The summed E-state index contributed by atoms with van der Waals surface area (Å²) in [5.41, 5.74) is 7.90. The summed E-state index contributed by atoms with van der Waals surface area (Å²) >= 11 is 1.43. The van der Waals surface area contributed by atoms with E-state index in [-0.39, 0.29) is 17.5 Å². The fourth-order valence-electron chi connectivity index (χ4n) is 2.33. The number of hydrogen-bond donors (Lipinski definition) is 2. The number of anilines is 1. The summed E-state index contributed by atoms with van der Waals surface area (Å²) in [7, 11) is 0. The topological polar surface area (TPSA) is 93.5 Å². The minimum absolute atomic E-state index is 0.0332. The van der Waals surface area contributed by atoms with Gasteiger partial charge in [0.2, 0.25) is 5.91 Å². The van der Waals surface area contributed by atoms with Crippen molar-refractivity contribution >= 4 is 47.2 Å². The first-order valence-electron chi connectivity index (χ1n) is 7.32. The van der Waals surface area contributed by atoms with Crippen LogP contribution in [0.15, 0.2) is 44.6 Å². The standard InChI is InChI=1S/C17H15FN4O2S/c1-9(23)21-8-25-15-4-3-10(6-13(15)20-2)11-5-12(18)16-14(7-11)22-17(19)24-16/h3-7H,2,8H2,1H3,(H2,19,22)(H,21,23). The minimum Gasteiger partial charge on any atom is -0.421 e. The first-order valence-corrected chi connectivity index (χ1v) is 8.30. The molecule has 3 rings (SSSR count). The Labute approximate surface area is 147 Å². The SMILES string of the molecule is C=Nc1cc(-c2cc(F)c3oc(N)nc3c2)ccc1SCNC(C)=O. The van der Waals surface area contributed by atoms with Crippen molar-refractivity contribution in [1.29, 1.82) is 0 Å². The molecule has 1 heterocycles. The number of thioether (sulfide) groups is 1. The largest absolute Gasteiger partial charge is 0.421 e. The van der Waals surface area contributed by atoms with Crippen LogP contribution in [0.5, 0.6) is 0 Å². The molecule has 0 bridgehead atoms. The van der Waals surface area contributed by atoms with Crippen LogP contribution in [0.25, 0.3) is 22.2 Å². The second-order valence-corrected chi connectivity index (χ2v) is 6.24. The van der Waals surface area contributed by atoms with Gasteiger partial charge in [0, 0.05) is 11.8 Å². The molecule has 8 heteroatoms. The first kappa shape index (κ1) is 17.0. The van der Waals surface area contributed by atoms with Crippen LogP contribution in [0.2, 0.25) is 0 Å². The highest BCUT2D eigenvalue weighted by Gasteiger charge is 2.13. The molecule has 0 atom stereocenters. The predicted molar refractivity (Wildman–Crippen MR) is 97.6 cm³/mol. The van der Waals surface area contributed by atoms with Crippen molar-refractivity contribution in [2.75, 3.05) is 11.6 Å². The summed E-state index contributed by atoms with van der Waals surface area (Å²) < 4.78 is 19.2. The van der Waals surface area contributed by atoms with Crippen molar-refractivity contribution in [3.8, 4) is 11.1 Å². The molecule has 0 fully saturated rings. The van der Waals surface area contributed by atoms with Crippen LogP contribution in [-0.2, 0) is 4.79 Å². The molecule has 1 amide bonds. The Morgan fingerprint density at radius 3 is 2.92 bits per heavy atom. The quantitative estimate of drug-likeness (QED) is 0.412. The summed E-state index contributed by atoms with van der Waals surface area (Å²) in [5, 5.41) is 2.70. The van der Waals surface area contributed by atoms with Crippen molar-refractivity contribution in [1.82, 2.24) is 10.3 Å². The van der Waals surface area contributed by atoms with Gasteiger partial charge in [-0.2, -0.15) is 4.98 Å². The molecule has 0 radical (unpaired) electrons. The number of amides is 1. The summed E-state index contributed by atoms with van der Waals surface area (Å²) in [6.45, 7) is 5.03.